The zero-order valence-corrected chi connectivity index (χ0v) is 12.5. The molecule has 1 aromatic carbocycles. The molecule has 0 spiro atoms. The first-order valence-electron chi connectivity index (χ1n) is 6.86. The van der Waals surface area contributed by atoms with Gasteiger partial charge in [0.1, 0.15) is 5.70 Å². The molecule has 0 radical (unpaired) electrons. The van der Waals surface area contributed by atoms with Crippen molar-refractivity contribution in [2.75, 3.05) is 18.5 Å². The van der Waals surface area contributed by atoms with Crippen LogP contribution in [0.5, 0.6) is 0 Å². The number of aliphatic hydroxyl groups is 1. The summed E-state index contributed by atoms with van der Waals surface area (Å²) in [5.41, 5.74) is 0.943. The van der Waals surface area contributed by atoms with Gasteiger partial charge < -0.3 is 10.4 Å². The summed E-state index contributed by atoms with van der Waals surface area (Å²) in [7, 11) is 0. The molecular formula is C16H17N3O3. The molecule has 2 amide bonds. The highest BCUT2D eigenvalue weighted by Gasteiger charge is 2.30. The number of imide groups is 1. The number of nitrogens with zero attached hydrogens (tertiary/aromatic N) is 2. The molecule has 114 valence electrons. The van der Waals surface area contributed by atoms with Gasteiger partial charge in [0.15, 0.2) is 0 Å². The van der Waals surface area contributed by atoms with E-state index < -0.39 is 17.2 Å². The molecule has 0 fully saturated rings. The van der Waals surface area contributed by atoms with Crippen LogP contribution in [0.1, 0.15) is 19.4 Å². The first kappa shape index (κ1) is 15.7. The molecule has 0 aliphatic carbocycles. The zero-order chi connectivity index (χ0) is 16.3. The summed E-state index contributed by atoms with van der Waals surface area (Å²) in [5.74, 6) is -0.918. The van der Waals surface area contributed by atoms with Gasteiger partial charge in [0, 0.05) is 11.8 Å². The van der Waals surface area contributed by atoms with E-state index in [1.807, 2.05) is 6.07 Å². The quantitative estimate of drug-likeness (QED) is 0.795. The molecule has 1 aliphatic heterocycles. The van der Waals surface area contributed by atoms with Crippen molar-refractivity contribution in [3.05, 3.63) is 41.6 Å². The first-order chi connectivity index (χ1) is 10.4. The number of aliphatic hydroxyl groups excluding tert-OH is 1. The average Bonchev–Trinajstić information content (AvgIpc) is 2.75. The second-order valence-electron chi connectivity index (χ2n) is 5.52. The highest BCUT2D eigenvalue weighted by molar-refractivity contribution is 6.17. The summed E-state index contributed by atoms with van der Waals surface area (Å²) >= 11 is 0. The standard InChI is InChI=1S/C16H17N3O3/c1-16(2,10-17)11-4-3-5-12(8-11)18-13-9-14(21)19(6-7-20)15(13)22/h3-5,8-9,18,20H,6-7H2,1-2H3. The van der Waals surface area contributed by atoms with Gasteiger partial charge in [-0.1, -0.05) is 12.1 Å². The summed E-state index contributed by atoms with van der Waals surface area (Å²) in [6.45, 7) is 3.31. The molecule has 0 aromatic heterocycles. The number of hydrogen-bond acceptors (Lipinski definition) is 5. The minimum atomic E-state index is -0.648. The van der Waals surface area contributed by atoms with Crippen LogP contribution in [0.25, 0.3) is 0 Å². The van der Waals surface area contributed by atoms with E-state index in [1.165, 1.54) is 6.08 Å². The number of β-amino-alcohol motifs (C(OH)–C–C–N with tert-alkyl or cyclic N) is 1. The lowest BCUT2D eigenvalue weighted by Crippen LogP contribution is -2.34. The van der Waals surface area contributed by atoms with Crippen LogP contribution >= 0.6 is 0 Å². The number of rotatable bonds is 5. The monoisotopic (exact) mass is 299 g/mol. The maximum atomic E-state index is 12.1. The molecule has 2 rings (SSSR count). The Kier molecular flexibility index (Phi) is 4.29. The summed E-state index contributed by atoms with van der Waals surface area (Å²) in [6, 6.07) is 9.36. The minimum absolute atomic E-state index is 0.0269. The molecule has 6 heteroatoms. The SMILES string of the molecule is CC(C)(C#N)c1cccc(NC2=CC(=O)N(CCO)C2=O)c1. The molecule has 1 aliphatic rings. The van der Waals surface area contributed by atoms with Crippen molar-refractivity contribution < 1.29 is 14.7 Å². The lowest BCUT2D eigenvalue weighted by atomic mass is 9.86. The van der Waals surface area contributed by atoms with E-state index in [4.69, 9.17) is 5.11 Å². The van der Waals surface area contributed by atoms with Crippen LogP contribution in [0, 0.1) is 11.3 Å². The van der Waals surface area contributed by atoms with Crippen molar-refractivity contribution in [1.82, 2.24) is 4.90 Å². The van der Waals surface area contributed by atoms with E-state index in [0.717, 1.165) is 10.5 Å². The predicted octanol–water partition coefficient (Wildman–Crippen LogP) is 1.14. The molecule has 0 saturated heterocycles. The van der Waals surface area contributed by atoms with E-state index in [1.54, 1.807) is 32.0 Å². The molecule has 0 unspecified atom stereocenters. The molecular weight excluding hydrogens is 282 g/mol. The molecule has 0 atom stereocenters. The second-order valence-corrected chi connectivity index (χ2v) is 5.52. The Morgan fingerprint density at radius 2 is 2.09 bits per heavy atom. The average molecular weight is 299 g/mol. The summed E-state index contributed by atoms with van der Waals surface area (Å²) in [5, 5.41) is 21.0. The Labute approximate surface area is 128 Å². The van der Waals surface area contributed by atoms with Gasteiger partial charge in [0.25, 0.3) is 11.8 Å². The predicted molar refractivity (Wildman–Crippen MR) is 80.6 cm³/mol. The molecule has 22 heavy (non-hydrogen) atoms. The molecule has 6 nitrogen and oxygen atoms in total. The van der Waals surface area contributed by atoms with E-state index in [2.05, 4.69) is 11.4 Å². The molecule has 2 N–H and O–H groups in total. The third-order valence-corrected chi connectivity index (χ3v) is 3.48. The van der Waals surface area contributed by atoms with Crippen LogP contribution in [-0.4, -0.2) is 35.0 Å². The fraction of sp³-hybridized carbons (Fsp3) is 0.312. The smallest absolute Gasteiger partial charge is 0.277 e. The maximum absolute atomic E-state index is 12.1. The number of carbonyl (C=O) groups excluding carboxylic acids is 2. The third-order valence-electron chi connectivity index (χ3n) is 3.48. The lowest BCUT2D eigenvalue weighted by molar-refractivity contribution is -0.137. The normalized spacial score (nSPS) is 14.8. The highest BCUT2D eigenvalue weighted by Crippen LogP contribution is 2.26. The van der Waals surface area contributed by atoms with E-state index in [9.17, 15) is 14.9 Å². The minimum Gasteiger partial charge on any atom is -0.395 e. The van der Waals surface area contributed by atoms with Crippen molar-refractivity contribution in [3.63, 3.8) is 0 Å². The Morgan fingerprint density at radius 3 is 2.73 bits per heavy atom. The van der Waals surface area contributed by atoms with Gasteiger partial charge in [-0.05, 0) is 31.5 Å². The van der Waals surface area contributed by atoms with Gasteiger partial charge in [-0.25, -0.2) is 0 Å². The lowest BCUT2D eigenvalue weighted by Gasteiger charge is -2.17. The molecule has 1 heterocycles. The summed E-state index contributed by atoms with van der Waals surface area (Å²) < 4.78 is 0. The number of anilines is 1. The number of amides is 2. The van der Waals surface area contributed by atoms with Gasteiger partial charge in [0.05, 0.1) is 24.6 Å². The number of nitriles is 1. The maximum Gasteiger partial charge on any atom is 0.277 e. The number of hydrogen-bond donors (Lipinski definition) is 2. The summed E-state index contributed by atoms with van der Waals surface area (Å²) in [6.07, 6.45) is 1.21. The van der Waals surface area contributed by atoms with Crippen LogP contribution in [0.3, 0.4) is 0 Å². The van der Waals surface area contributed by atoms with Crippen LogP contribution in [-0.2, 0) is 15.0 Å². The van der Waals surface area contributed by atoms with Gasteiger partial charge >= 0.3 is 0 Å². The number of benzene rings is 1. The fourth-order valence-corrected chi connectivity index (χ4v) is 2.12. The molecule has 0 bridgehead atoms. The van der Waals surface area contributed by atoms with Crippen LogP contribution in [0.15, 0.2) is 36.0 Å². The topological polar surface area (TPSA) is 93.4 Å². The Morgan fingerprint density at radius 1 is 1.36 bits per heavy atom. The first-order valence-corrected chi connectivity index (χ1v) is 6.86. The third kappa shape index (κ3) is 3.00. The van der Waals surface area contributed by atoms with Crippen LogP contribution in [0.2, 0.25) is 0 Å². The van der Waals surface area contributed by atoms with Crippen molar-refractivity contribution in [1.29, 1.82) is 5.26 Å². The highest BCUT2D eigenvalue weighted by atomic mass is 16.3. The van der Waals surface area contributed by atoms with Gasteiger partial charge in [-0.15, -0.1) is 0 Å². The van der Waals surface area contributed by atoms with Crippen LogP contribution in [0.4, 0.5) is 5.69 Å². The Hall–Kier alpha value is -2.65. The zero-order valence-electron chi connectivity index (χ0n) is 12.5. The summed E-state index contributed by atoms with van der Waals surface area (Å²) in [4.78, 5) is 24.7. The van der Waals surface area contributed by atoms with Crippen molar-refractivity contribution >= 4 is 17.5 Å². The number of carbonyl (C=O) groups is 2. The van der Waals surface area contributed by atoms with Crippen LogP contribution < -0.4 is 5.32 Å². The fourth-order valence-electron chi connectivity index (χ4n) is 2.12. The second kappa shape index (κ2) is 6.00. The van der Waals surface area contributed by atoms with Gasteiger partial charge in [-0.3, -0.25) is 14.5 Å². The number of nitrogens with one attached hydrogen (secondary N) is 1. The van der Waals surface area contributed by atoms with Gasteiger partial charge in [0.2, 0.25) is 0 Å². The molecule has 1 aromatic rings. The Bertz CT molecular complexity index is 686. The Balaban J connectivity index is 2.21. The van der Waals surface area contributed by atoms with Crippen molar-refractivity contribution in [3.8, 4) is 6.07 Å². The van der Waals surface area contributed by atoms with Gasteiger partial charge in [-0.2, -0.15) is 5.26 Å². The van der Waals surface area contributed by atoms with Crippen molar-refractivity contribution in [2.45, 2.75) is 19.3 Å². The van der Waals surface area contributed by atoms with Crippen molar-refractivity contribution in [2.24, 2.45) is 0 Å². The molecule has 0 saturated carbocycles. The van der Waals surface area contributed by atoms with E-state index in [0.29, 0.717) is 5.69 Å². The van der Waals surface area contributed by atoms with E-state index >= 15 is 0 Å². The largest absolute Gasteiger partial charge is 0.395 e. The van der Waals surface area contributed by atoms with E-state index in [-0.39, 0.29) is 18.8 Å².